The van der Waals surface area contributed by atoms with Crippen molar-refractivity contribution >= 4 is 0 Å². The molecule has 0 bridgehead atoms. The van der Waals surface area contributed by atoms with Gasteiger partial charge in [-0.2, -0.15) is 0 Å². The number of allylic oxidation sites excluding steroid dienone is 12. The first-order chi connectivity index (χ1) is 8.81. The lowest BCUT2D eigenvalue weighted by molar-refractivity contribution is 0.877. The van der Waals surface area contributed by atoms with Crippen LogP contribution >= 0.6 is 0 Å². The standard InChI is InChI=1S/C18H20/c1-3-4-8-15(2)16-11-13-18(14-12-16)17-9-6-5-7-10-17/h3-6,8-9,11,13H,1-2,7,10,12,14H2/b8-4-. The van der Waals surface area contributed by atoms with Crippen molar-refractivity contribution in [3.8, 4) is 0 Å². The minimum atomic E-state index is 1.09. The predicted molar refractivity (Wildman–Crippen MR) is 80.3 cm³/mol. The second-order valence-electron chi connectivity index (χ2n) is 4.66. The first-order valence-corrected chi connectivity index (χ1v) is 6.55. The van der Waals surface area contributed by atoms with E-state index in [2.05, 4.69) is 43.5 Å². The molecule has 0 unspecified atom stereocenters. The van der Waals surface area contributed by atoms with Crippen LogP contribution < -0.4 is 0 Å². The van der Waals surface area contributed by atoms with Gasteiger partial charge in [0.2, 0.25) is 0 Å². The molecule has 0 aromatic heterocycles. The molecule has 0 aromatic carbocycles. The Kier molecular flexibility index (Phi) is 4.35. The quantitative estimate of drug-likeness (QED) is 0.588. The third-order valence-electron chi connectivity index (χ3n) is 3.42. The molecule has 0 nitrogen and oxygen atoms in total. The summed E-state index contributed by atoms with van der Waals surface area (Å²) in [4.78, 5) is 0. The Bertz CT molecular complexity index is 490. The molecule has 0 spiro atoms. The van der Waals surface area contributed by atoms with Gasteiger partial charge >= 0.3 is 0 Å². The lowest BCUT2D eigenvalue weighted by atomic mass is 9.87. The lowest BCUT2D eigenvalue weighted by Gasteiger charge is -2.18. The van der Waals surface area contributed by atoms with Gasteiger partial charge in [0.05, 0.1) is 0 Å². The van der Waals surface area contributed by atoms with E-state index in [4.69, 9.17) is 0 Å². The van der Waals surface area contributed by atoms with E-state index in [0.29, 0.717) is 0 Å². The van der Waals surface area contributed by atoms with Crippen molar-refractivity contribution in [3.63, 3.8) is 0 Å². The van der Waals surface area contributed by atoms with E-state index in [1.807, 2.05) is 12.2 Å². The third-order valence-corrected chi connectivity index (χ3v) is 3.42. The molecule has 92 valence electrons. The first kappa shape index (κ1) is 12.6. The van der Waals surface area contributed by atoms with E-state index in [0.717, 1.165) is 18.4 Å². The van der Waals surface area contributed by atoms with Crippen molar-refractivity contribution in [1.29, 1.82) is 0 Å². The molecule has 2 aliphatic rings. The summed E-state index contributed by atoms with van der Waals surface area (Å²) in [7, 11) is 0. The molecule has 18 heavy (non-hydrogen) atoms. The summed E-state index contributed by atoms with van der Waals surface area (Å²) >= 11 is 0. The Balaban J connectivity index is 2.09. The van der Waals surface area contributed by atoms with E-state index >= 15 is 0 Å². The average Bonchev–Trinajstić information content (AvgIpc) is 2.46. The minimum absolute atomic E-state index is 1.09. The highest BCUT2D eigenvalue weighted by atomic mass is 14.2. The van der Waals surface area contributed by atoms with E-state index in [1.54, 1.807) is 6.08 Å². The summed E-state index contributed by atoms with van der Waals surface area (Å²) in [6.07, 6.45) is 21.5. The molecule has 0 aliphatic heterocycles. The van der Waals surface area contributed by atoms with Crippen LogP contribution in [0.3, 0.4) is 0 Å². The zero-order valence-corrected chi connectivity index (χ0v) is 10.9. The van der Waals surface area contributed by atoms with Gasteiger partial charge in [-0.05, 0) is 48.0 Å². The summed E-state index contributed by atoms with van der Waals surface area (Å²) in [5, 5.41) is 0. The third kappa shape index (κ3) is 3.10. The van der Waals surface area contributed by atoms with Gasteiger partial charge in [0.1, 0.15) is 0 Å². The van der Waals surface area contributed by atoms with Crippen molar-refractivity contribution in [3.05, 3.63) is 84.1 Å². The van der Waals surface area contributed by atoms with Crippen LogP contribution in [0.4, 0.5) is 0 Å². The smallest absolute Gasteiger partial charge is 0.0232 e. The van der Waals surface area contributed by atoms with Gasteiger partial charge in [-0.25, -0.2) is 0 Å². The largest absolute Gasteiger partial charge is 0.0991 e. The van der Waals surface area contributed by atoms with E-state index in [9.17, 15) is 0 Å². The summed E-state index contributed by atoms with van der Waals surface area (Å²) in [6.45, 7) is 7.77. The maximum absolute atomic E-state index is 4.10. The van der Waals surface area contributed by atoms with Gasteiger partial charge in [-0.15, -0.1) is 0 Å². The second-order valence-corrected chi connectivity index (χ2v) is 4.66. The minimum Gasteiger partial charge on any atom is -0.0991 e. The molecule has 0 radical (unpaired) electrons. The van der Waals surface area contributed by atoms with Crippen LogP contribution in [0.2, 0.25) is 0 Å². The predicted octanol–water partition coefficient (Wildman–Crippen LogP) is 5.21. The summed E-state index contributed by atoms with van der Waals surface area (Å²) < 4.78 is 0. The average molecular weight is 236 g/mol. The van der Waals surface area contributed by atoms with Crippen LogP contribution in [0.1, 0.15) is 25.7 Å². The van der Waals surface area contributed by atoms with Crippen LogP contribution in [0.5, 0.6) is 0 Å². The molecule has 2 rings (SSSR count). The van der Waals surface area contributed by atoms with Crippen LogP contribution in [-0.4, -0.2) is 0 Å². The Morgan fingerprint density at radius 2 is 1.89 bits per heavy atom. The molecule has 2 aliphatic carbocycles. The molecule has 0 atom stereocenters. The van der Waals surface area contributed by atoms with Crippen LogP contribution in [-0.2, 0) is 0 Å². The molecule has 0 heterocycles. The van der Waals surface area contributed by atoms with Crippen molar-refractivity contribution in [2.75, 3.05) is 0 Å². The van der Waals surface area contributed by atoms with E-state index in [1.165, 1.54) is 29.6 Å². The highest BCUT2D eigenvalue weighted by Gasteiger charge is 2.11. The molecule has 0 N–H and O–H groups in total. The van der Waals surface area contributed by atoms with Gasteiger partial charge in [0.25, 0.3) is 0 Å². The molecule has 0 heteroatoms. The van der Waals surface area contributed by atoms with Crippen molar-refractivity contribution in [1.82, 2.24) is 0 Å². The number of hydrogen-bond donors (Lipinski definition) is 0. The molecule has 0 saturated heterocycles. The lowest BCUT2D eigenvalue weighted by Crippen LogP contribution is -1.99. The highest BCUT2D eigenvalue weighted by Crippen LogP contribution is 2.30. The summed E-state index contributed by atoms with van der Waals surface area (Å²) in [6, 6.07) is 0. The maximum Gasteiger partial charge on any atom is -0.0232 e. The molecule has 0 amide bonds. The first-order valence-electron chi connectivity index (χ1n) is 6.55. The van der Waals surface area contributed by atoms with Crippen LogP contribution in [0, 0.1) is 0 Å². The number of hydrogen-bond acceptors (Lipinski definition) is 0. The zero-order valence-electron chi connectivity index (χ0n) is 10.9. The van der Waals surface area contributed by atoms with Gasteiger partial charge in [0.15, 0.2) is 0 Å². The second kappa shape index (κ2) is 6.20. The fourth-order valence-corrected chi connectivity index (χ4v) is 2.33. The maximum atomic E-state index is 4.10. The van der Waals surface area contributed by atoms with Crippen molar-refractivity contribution in [2.24, 2.45) is 0 Å². The fraction of sp³-hybridized carbons (Fsp3) is 0.222. The molecular formula is C18H20. The fourth-order valence-electron chi connectivity index (χ4n) is 2.33. The molecule has 0 fully saturated rings. The zero-order chi connectivity index (χ0) is 12.8. The Hall–Kier alpha value is -1.82. The van der Waals surface area contributed by atoms with E-state index in [-0.39, 0.29) is 0 Å². The van der Waals surface area contributed by atoms with Gasteiger partial charge in [-0.3, -0.25) is 0 Å². The Morgan fingerprint density at radius 1 is 1.06 bits per heavy atom. The molecule has 0 saturated carbocycles. The van der Waals surface area contributed by atoms with Gasteiger partial charge < -0.3 is 0 Å². The molecule has 0 aromatic rings. The topological polar surface area (TPSA) is 0 Å². The number of rotatable bonds is 4. The van der Waals surface area contributed by atoms with Gasteiger partial charge in [-0.1, -0.05) is 61.8 Å². The highest BCUT2D eigenvalue weighted by molar-refractivity contribution is 5.47. The Labute approximate surface area is 110 Å². The normalized spacial score (nSPS) is 19.2. The SMILES string of the molecule is C=C/C=C\C(=C)C1=CC=C(C2=CC=CCC2)CC1. The monoisotopic (exact) mass is 236 g/mol. The van der Waals surface area contributed by atoms with Crippen LogP contribution in [0.15, 0.2) is 84.1 Å². The summed E-state index contributed by atoms with van der Waals surface area (Å²) in [5.74, 6) is 0. The summed E-state index contributed by atoms with van der Waals surface area (Å²) in [5.41, 5.74) is 5.43. The molecular weight excluding hydrogens is 216 g/mol. The van der Waals surface area contributed by atoms with E-state index < -0.39 is 0 Å². The Morgan fingerprint density at radius 3 is 2.50 bits per heavy atom. The van der Waals surface area contributed by atoms with Crippen LogP contribution in [0.25, 0.3) is 0 Å². The van der Waals surface area contributed by atoms with Crippen molar-refractivity contribution < 1.29 is 0 Å². The van der Waals surface area contributed by atoms with Crippen molar-refractivity contribution in [2.45, 2.75) is 25.7 Å². The van der Waals surface area contributed by atoms with Gasteiger partial charge in [0, 0.05) is 0 Å².